The van der Waals surface area contributed by atoms with Gasteiger partial charge in [0, 0.05) is 24.6 Å². The van der Waals surface area contributed by atoms with Gasteiger partial charge in [-0.1, -0.05) is 0 Å². The lowest BCUT2D eigenvalue weighted by Crippen LogP contribution is -2.50. The molecule has 0 aromatic carbocycles. The highest BCUT2D eigenvalue weighted by Crippen LogP contribution is 2.15. The molecule has 1 aliphatic rings. The van der Waals surface area contributed by atoms with E-state index in [1.165, 1.54) is 0 Å². The normalized spacial score (nSPS) is 25.6. The topological polar surface area (TPSA) is 66.6 Å². The molecule has 0 aliphatic carbocycles. The van der Waals surface area contributed by atoms with Crippen molar-refractivity contribution in [1.29, 1.82) is 0 Å². The van der Waals surface area contributed by atoms with Crippen molar-refractivity contribution in [2.24, 2.45) is 5.73 Å². The first-order chi connectivity index (χ1) is 5.75. The molecule has 1 rings (SSSR count). The molecule has 0 aromatic rings. The van der Waals surface area contributed by atoms with Gasteiger partial charge in [0.15, 0.2) is 0 Å². The Bertz CT molecular complexity index is 163. The van der Waals surface area contributed by atoms with Gasteiger partial charge in [0.1, 0.15) is 0 Å². The van der Waals surface area contributed by atoms with E-state index < -0.39 is 0 Å². The van der Waals surface area contributed by atoms with Crippen molar-refractivity contribution in [2.75, 3.05) is 31.2 Å². The second-order valence-electron chi connectivity index (χ2n) is 2.75. The van der Waals surface area contributed by atoms with E-state index >= 15 is 0 Å². The van der Waals surface area contributed by atoms with Crippen LogP contribution in [-0.2, 0) is 4.79 Å². The van der Waals surface area contributed by atoms with Gasteiger partial charge >= 0.3 is 0 Å². The van der Waals surface area contributed by atoms with Crippen LogP contribution in [0.3, 0.4) is 0 Å². The minimum atomic E-state index is -0.282. The molecular formula is C7H14N2O2S. The summed E-state index contributed by atoms with van der Waals surface area (Å²) in [7, 11) is 0. The molecule has 0 bridgehead atoms. The largest absolute Gasteiger partial charge is 0.395 e. The van der Waals surface area contributed by atoms with Gasteiger partial charge in [-0.2, -0.15) is 11.8 Å². The Kier molecular flexibility index (Phi) is 3.84. The summed E-state index contributed by atoms with van der Waals surface area (Å²) in [6.07, 6.45) is 0. The van der Waals surface area contributed by atoms with E-state index in [1.54, 1.807) is 11.8 Å². The Labute approximate surface area is 76.1 Å². The van der Waals surface area contributed by atoms with E-state index in [2.05, 4.69) is 0 Å². The number of carbonyl (C=O) groups excluding carboxylic acids is 1. The summed E-state index contributed by atoms with van der Waals surface area (Å²) in [6.45, 7) is 1.49. The summed E-state index contributed by atoms with van der Waals surface area (Å²) in [4.78, 5) is 12.9. The minimum absolute atomic E-state index is 0.0917. The number of nitrogens with two attached hydrogens (primary N) is 1. The van der Waals surface area contributed by atoms with Crippen LogP contribution in [0.5, 0.6) is 0 Å². The van der Waals surface area contributed by atoms with Crippen LogP contribution in [-0.4, -0.2) is 53.2 Å². The number of nitrogens with zero attached hydrogens (tertiary/aromatic N) is 1. The van der Waals surface area contributed by atoms with E-state index in [0.717, 1.165) is 18.1 Å². The summed E-state index contributed by atoms with van der Waals surface area (Å²) in [5.41, 5.74) is 5.21. The smallest absolute Gasteiger partial charge is 0.235 e. The number of amides is 1. The predicted octanol–water partition coefficient (Wildman–Crippen LogP) is -1.12. The van der Waals surface area contributed by atoms with Gasteiger partial charge in [0.05, 0.1) is 12.6 Å². The molecule has 0 radical (unpaired) electrons. The molecule has 1 saturated heterocycles. The predicted molar refractivity (Wildman–Crippen MR) is 49.0 cm³/mol. The number of rotatable bonds is 3. The third kappa shape index (κ3) is 2.36. The molecule has 1 atom stereocenters. The number of aliphatic hydroxyl groups excluding tert-OH is 1. The lowest BCUT2D eigenvalue weighted by molar-refractivity contribution is -0.122. The van der Waals surface area contributed by atoms with Crippen LogP contribution < -0.4 is 5.73 Å². The fourth-order valence-corrected chi connectivity index (χ4v) is 2.42. The van der Waals surface area contributed by atoms with Crippen LogP contribution in [0.25, 0.3) is 0 Å². The summed E-state index contributed by atoms with van der Waals surface area (Å²) < 4.78 is 0. The van der Waals surface area contributed by atoms with Crippen molar-refractivity contribution in [3.63, 3.8) is 0 Å². The van der Waals surface area contributed by atoms with Gasteiger partial charge < -0.3 is 10.8 Å². The molecule has 1 fully saturated rings. The fourth-order valence-electron chi connectivity index (χ4n) is 1.30. The number of carbonyl (C=O) groups is 1. The van der Waals surface area contributed by atoms with Crippen LogP contribution in [0.15, 0.2) is 0 Å². The average Bonchev–Trinajstić information content (AvgIpc) is 2.05. The molecule has 70 valence electrons. The van der Waals surface area contributed by atoms with E-state index in [1.807, 2.05) is 4.90 Å². The monoisotopic (exact) mass is 190 g/mol. The van der Waals surface area contributed by atoms with Gasteiger partial charge in [-0.3, -0.25) is 9.69 Å². The first kappa shape index (κ1) is 9.83. The van der Waals surface area contributed by atoms with E-state index in [4.69, 9.17) is 10.8 Å². The lowest BCUT2D eigenvalue weighted by atomic mass is 10.2. The molecule has 5 heteroatoms. The Balaban J connectivity index is 2.48. The SMILES string of the molecule is NC(=O)C1CSCCN1CCO. The Morgan fingerprint density at radius 2 is 2.50 bits per heavy atom. The van der Waals surface area contributed by atoms with Crippen molar-refractivity contribution < 1.29 is 9.90 Å². The van der Waals surface area contributed by atoms with Crippen LogP contribution in [0.2, 0.25) is 0 Å². The molecule has 1 aliphatic heterocycles. The second-order valence-corrected chi connectivity index (χ2v) is 3.90. The second kappa shape index (κ2) is 4.69. The zero-order chi connectivity index (χ0) is 8.97. The maximum Gasteiger partial charge on any atom is 0.235 e. The maximum absolute atomic E-state index is 10.9. The highest BCUT2D eigenvalue weighted by Gasteiger charge is 2.26. The zero-order valence-corrected chi connectivity index (χ0v) is 7.72. The van der Waals surface area contributed by atoms with Crippen molar-refractivity contribution in [1.82, 2.24) is 4.90 Å². The molecular weight excluding hydrogens is 176 g/mol. The maximum atomic E-state index is 10.9. The number of thioether (sulfide) groups is 1. The Morgan fingerprint density at radius 1 is 1.75 bits per heavy atom. The molecule has 1 unspecified atom stereocenters. The average molecular weight is 190 g/mol. The highest BCUT2D eigenvalue weighted by molar-refractivity contribution is 7.99. The van der Waals surface area contributed by atoms with Gasteiger partial charge in [-0.15, -0.1) is 0 Å². The first-order valence-corrected chi connectivity index (χ1v) is 5.13. The van der Waals surface area contributed by atoms with Crippen LogP contribution in [0.4, 0.5) is 0 Å². The minimum Gasteiger partial charge on any atom is -0.395 e. The van der Waals surface area contributed by atoms with Crippen LogP contribution >= 0.6 is 11.8 Å². The first-order valence-electron chi connectivity index (χ1n) is 3.97. The summed E-state index contributed by atoms with van der Waals surface area (Å²) in [5, 5.41) is 8.72. The third-order valence-electron chi connectivity index (χ3n) is 1.95. The molecule has 1 heterocycles. The van der Waals surface area contributed by atoms with Crippen LogP contribution in [0.1, 0.15) is 0 Å². The molecule has 12 heavy (non-hydrogen) atoms. The van der Waals surface area contributed by atoms with Crippen molar-refractivity contribution >= 4 is 17.7 Å². The van der Waals surface area contributed by atoms with Gasteiger partial charge in [0.25, 0.3) is 0 Å². The number of primary amides is 1. The number of β-amino-alcohol motifs (C(OH)–C–C–N with tert-alkyl or cyclic N) is 1. The molecule has 0 aromatic heterocycles. The van der Waals surface area contributed by atoms with E-state index in [9.17, 15) is 4.79 Å². The lowest BCUT2D eigenvalue weighted by Gasteiger charge is -2.32. The number of hydrogen-bond acceptors (Lipinski definition) is 4. The Morgan fingerprint density at radius 3 is 3.08 bits per heavy atom. The van der Waals surface area contributed by atoms with Crippen molar-refractivity contribution in [3.05, 3.63) is 0 Å². The molecule has 4 nitrogen and oxygen atoms in total. The molecule has 0 spiro atoms. The number of hydrogen-bond donors (Lipinski definition) is 2. The van der Waals surface area contributed by atoms with Crippen molar-refractivity contribution in [3.8, 4) is 0 Å². The van der Waals surface area contributed by atoms with Crippen molar-refractivity contribution in [2.45, 2.75) is 6.04 Å². The summed E-state index contributed by atoms with van der Waals surface area (Å²) in [5.74, 6) is 1.50. The summed E-state index contributed by atoms with van der Waals surface area (Å²) in [6, 6.07) is -0.184. The molecule has 0 saturated carbocycles. The Hall–Kier alpha value is -0.260. The summed E-state index contributed by atoms with van der Waals surface area (Å²) >= 11 is 1.74. The molecule has 3 N–H and O–H groups in total. The van der Waals surface area contributed by atoms with E-state index in [0.29, 0.717) is 6.54 Å². The van der Waals surface area contributed by atoms with Gasteiger partial charge in [-0.25, -0.2) is 0 Å². The van der Waals surface area contributed by atoms with E-state index in [-0.39, 0.29) is 18.6 Å². The standard InChI is InChI=1S/C7H14N2O2S/c8-7(11)6-5-12-4-2-9(6)1-3-10/h6,10H,1-5H2,(H2,8,11). The highest BCUT2D eigenvalue weighted by atomic mass is 32.2. The van der Waals surface area contributed by atoms with Crippen LogP contribution in [0, 0.1) is 0 Å². The van der Waals surface area contributed by atoms with Gasteiger partial charge in [-0.05, 0) is 0 Å². The zero-order valence-electron chi connectivity index (χ0n) is 6.90. The third-order valence-corrected chi connectivity index (χ3v) is 2.98. The quantitative estimate of drug-likeness (QED) is 0.591. The van der Waals surface area contributed by atoms with Gasteiger partial charge in [0.2, 0.25) is 5.91 Å². The fraction of sp³-hybridized carbons (Fsp3) is 0.857. The number of aliphatic hydroxyl groups is 1. The molecule has 1 amide bonds.